The highest BCUT2D eigenvalue weighted by Gasteiger charge is 2.45. The van der Waals surface area contributed by atoms with Crippen LogP contribution in [0.15, 0.2) is 0 Å². The van der Waals surface area contributed by atoms with Crippen LogP contribution in [0.1, 0.15) is 25.7 Å². The Balaban J connectivity index is 2.15. The highest BCUT2D eigenvalue weighted by atomic mass is 16.5. The Morgan fingerprint density at radius 2 is 2.06 bits per heavy atom. The largest absolute Gasteiger partial charge is 0.480 e. The van der Waals surface area contributed by atoms with Gasteiger partial charge in [-0.05, 0) is 25.7 Å². The lowest BCUT2D eigenvalue weighted by Crippen LogP contribution is -2.53. The van der Waals surface area contributed by atoms with Gasteiger partial charge in [0.1, 0.15) is 6.04 Å². The lowest BCUT2D eigenvalue weighted by Gasteiger charge is -2.38. The fraction of sp³-hybridized carbons (Fsp3) is 0.833. The van der Waals surface area contributed by atoms with E-state index in [2.05, 4.69) is 0 Å². The molecular weight excluding hydrogens is 236 g/mol. The van der Waals surface area contributed by atoms with E-state index in [4.69, 9.17) is 15.6 Å². The van der Waals surface area contributed by atoms with E-state index in [9.17, 15) is 9.59 Å². The molecule has 2 saturated heterocycles. The SMILES string of the molecule is NCC1(C(=O)N2CCC[C@H]2C(=O)O)CCOCC1. The van der Waals surface area contributed by atoms with Crippen LogP contribution >= 0.6 is 0 Å². The van der Waals surface area contributed by atoms with Crippen LogP contribution in [-0.2, 0) is 14.3 Å². The Hall–Kier alpha value is -1.14. The highest BCUT2D eigenvalue weighted by Crippen LogP contribution is 2.34. The Morgan fingerprint density at radius 3 is 2.61 bits per heavy atom. The molecule has 2 rings (SSSR count). The zero-order valence-electron chi connectivity index (χ0n) is 10.4. The molecule has 0 radical (unpaired) electrons. The van der Waals surface area contributed by atoms with Gasteiger partial charge in [0.15, 0.2) is 0 Å². The predicted octanol–water partition coefficient (Wildman–Crippen LogP) is -0.182. The van der Waals surface area contributed by atoms with Crippen molar-refractivity contribution in [3.63, 3.8) is 0 Å². The second-order valence-electron chi connectivity index (χ2n) is 5.09. The maximum absolute atomic E-state index is 12.6. The molecule has 0 aromatic carbocycles. The summed E-state index contributed by atoms with van der Waals surface area (Å²) in [7, 11) is 0. The van der Waals surface area contributed by atoms with E-state index in [0.717, 1.165) is 6.42 Å². The molecule has 0 aromatic heterocycles. The van der Waals surface area contributed by atoms with Gasteiger partial charge in [0.2, 0.25) is 5.91 Å². The van der Waals surface area contributed by atoms with Crippen molar-refractivity contribution in [3.8, 4) is 0 Å². The Bertz CT molecular complexity index is 339. The number of amides is 1. The van der Waals surface area contributed by atoms with Crippen LogP contribution in [0.4, 0.5) is 0 Å². The normalized spacial score (nSPS) is 27.2. The summed E-state index contributed by atoms with van der Waals surface area (Å²) >= 11 is 0. The van der Waals surface area contributed by atoms with Crippen LogP contribution in [0.25, 0.3) is 0 Å². The van der Waals surface area contributed by atoms with E-state index >= 15 is 0 Å². The van der Waals surface area contributed by atoms with Crippen molar-refractivity contribution < 1.29 is 19.4 Å². The van der Waals surface area contributed by atoms with Crippen molar-refractivity contribution >= 4 is 11.9 Å². The van der Waals surface area contributed by atoms with Crippen LogP contribution in [-0.4, -0.2) is 54.2 Å². The molecule has 2 heterocycles. The van der Waals surface area contributed by atoms with Crippen molar-refractivity contribution in [2.45, 2.75) is 31.7 Å². The average Bonchev–Trinajstić information content (AvgIpc) is 2.88. The smallest absolute Gasteiger partial charge is 0.326 e. The average molecular weight is 256 g/mol. The minimum Gasteiger partial charge on any atom is -0.480 e. The molecule has 2 aliphatic rings. The van der Waals surface area contributed by atoms with E-state index in [-0.39, 0.29) is 12.5 Å². The van der Waals surface area contributed by atoms with Gasteiger partial charge in [0.25, 0.3) is 0 Å². The van der Waals surface area contributed by atoms with Crippen molar-refractivity contribution in [1.82, 2.24) is 4.90 Å². The molecule has 6 heteroatoms. The molecule has 18 heavy (non-hydrogen) atoms. The topological polar surface area (TPSA) is 92.9 Å². The number of carbonyl (C=O) groups is 2. The zero-order valence-corrected chi connectivity index (χ0v) is 10.4. The summed E-state index contributed by atoms with van der Waals surface area (Å²) in [5.41, 5.74) is 5.16. The molecule has 0 aromatic rings. The number of carbonyl (C=O) groups excluding carboxylic acids is 1. The van der Waals surface area contributed by atoms with Crippen LogP contribution in [0, 0.1) is 5.41 Å². The van der Waals surface area contributed by atoms with Gasteiger partial charge in [-0.2, -0.15) is 0 Å². The Labute approximate surface area is 106 Å². The lowest BCUT2D eigenvalue weighted by atomic mass is 9.78. The van der Waals surface area contributed by atoms with Gasteiger partial charge in [-0.1, -0.05) is 0 Å². The first kappa shape index (κ1) is 13.3. The number of hydrogen-bond acceptors (Lipinski definition) is 4. The van der Waals surface area contributed by atoms with Crippen LogP contribution < -0.4 is 5.73 Å². The number of hydrogen-bond donors (Lipinski definition) is 2. The molecular formula is C12H20N2O4. The number of carboxylic acid groups (broad SMARTS) is 1. The zero-order chi connectivity index (χ0) is 13.2. The monoisotopic (exact) mass is 256 g/mol. The summed E-state index contributed by atoms with van der Waals surface area (Å²) in [6.45, 7) is 1.83. The third-order valence-electron chi connectivity index (χ3n) is 4.09. The van der Waals surface area contributed by atoms with Gasteiger partial charge in [0.05, 0.1) is 5.41 Å². The van der Waals surface area contributed by atoms with E-state index < -0.39 is 17.4 Å². The quantitative estimate of drug-likeness (QED) is 0.730. The minimum atomic E-state index is -0.917. The molecule has 1 amide bonds. The van der Waals surface area contributed by atoms with Crippen molar-refractivity contribution in [3.05, 3.63) is 0 Å². The molecule has 0 unspecified atom stereocenters. The molecule has 102 valence electrons. The molecule has 3 N–H and O–H groups in total. The molecule has 0 saturated carbocycles. The van der Waals surface area contributed by atoms with E-state index in [1.165, 1.54) is 4.90 Å². The molecule has 0 aliphatic carbocycles. The summed E-state index contributed by atoms with van der Waals surface area (Å²) in [6, 6.07) is -0.677. The Morgan fingerprint density at radius 1 is 1.39 bits per heavy atom. The molecule has 0 bridgehead atoms. The maximum atomic E-state index is 12.6. The number of rotatable bonds is 3. The third-order valence-corrected chi connectivity index (χ3v) is 4.09. The third kappa shape index (κ3) is 2.22. The van der Waals surface area contributed by atoms with Gasteiger partial charge >= 0.3 is 5.97 Å². The fourth-order valence-electron chi connectivity index (χ4n) is 2.84. The number of likely N-dealkylation sites (tertiary alicyclic amines) is 1. The van der Waals surface area contributed by atoms with Crippen LogP contribution in [0.2, 0.25) is 0 Å². The first-order valence-corrected chi connectivity index (χ1v) is 6.42. The van der Waals surface area contributed by atoms with Gasteiger partial charge in [-0.25, -0.2) is 4.79 Å². The summed E-state index contributed by atoms with van der Waals surface area (Å²) in [6.07, 6.45) is 2.47. The molecule has 1 atom stereocenters. The fourth-order valence-corrected chi connectivity index (χ4v) is 2.84. The summed E-state index contributed by atoms with van der Waals surface area (Å²) in [4.78, 5) is 25.2. The van der Waals surface area contributed by atoms with Crippen molar-refractivity contribution in [1.29, 1.82) is 0 Å². The van der Waals surface area contributed by atoms with Crippen molar-refractivity contribution in [2.75, 3.05) is 26.3 Å². The van der Waals surface area contributed by atoms with E-state index in [0.29, 0.717) is 39.0 Å². The minimum absolute atomic E-state index is 0.0989. The number of carboxylic acids is 1. The number of aliphatic carboxylic acids is 1. The van der Waals surface area contributed by atoms with Gasteiger partial charge in [0, 0.05) is 26.3 Å². The standard InChI is InChI=1S/C12H20N2O4/c13-8-12(3-6-18-7-4-12)11(17)14-5-1-2-9(14)10(15)16/h9H,1-8,13H2,(H,15,16)/t9-/m0/s1. The lowest BCUT2D eigenvalue weighted by molar-refractivity contribution is -0.156. The summed E-state index contributed by atoms with van der Waals surface area (Å²) < 4.78 is 5.27. The number of nitrogens with zero attached hydrogens (tertiary/aromatic N) is 1. The van der Waals surface area contributed by atoms with Crippen LogP contribution in [0.3, 0.4) is 0 Å². The van der Waals surface area contributed by atoms with Gasteiger partial charge in [-0.3, -0.25) is 4.79 Å². The number of nitrogens with two attached hydrogens (primary N) is 1. The summed E-state index contributed by atoms with van der Waals surface area (Å²) in [5, 5.41) is 9.14. The predicted molar refractivity (Wildman–Crippen MR) is 63.9 cm³/mol. The second-order valence-corrected chi connectivity index (χ2v) is 5.09. The Kier molecular flexibility index (Phi) is 3.87. The first-order chi connectivity index (χ1) is 8.60. The molecule has 2 fully saturated rings. The second kappa shape index (κ2) is 5.24. The van der Waals surface area contributed by atoms with Crippen LogP contribution in [0.5, 0.6) is 0 Å². The van der Waals surface area contributed by atoms with Crippen molar-refractivity contribution in [2.24, 2.45) is 11.1 Å². The molecule has 6 nitrogen and oxygen atoms in total. The van der Waals surface area contributed by atoms with Gasteiger partial charge < -0.3 is 20.5 Å². The summed E-state index contributed by atoms with van der Waals surface area (Å²) in [5.74, 6) is -1.02. The molecule has 2 aliphatic heterocycles. The van der Waals surface area contributed by atoms with E-state index in [1.54, 1.807) is 0 Å². The molecule has 0 spiro atoms. The maximum Gasteiger partial charge on any atom is 0.326 e. The number of ether oxygens (including phenoxy) is 1. The first-order valence-electron chi connectivity index (χ1n) is 6.42. The van der Waals surface area contributed by atoms with Gasteiger partial charge in [-0.15, -0.1) is 0 Å². The van der Waals surface area contributed by atoms with E-state index in [1.807, 2.05) is 0 Å². The highest BCUT2D eigenvalue weighted by molar-refractivity contribution is 5.88.